The molecule has 0 atom stereocenters. The Labute approximate surface area is 243 Å². The fourth-order valence-electron chi connectivity index (χ4n) is 4.25. The number of carbonyl (C=O) groups is 2. The predicted molar refractivity (Wildman–Crippen MR) is 161 cm³/mol. The molecule has 0 saturated carbocycles. The maximum atomic E-state index is 14.2. The molecular weight excluding hydrogens is 534 g/mol. The SMILES string of the molecule is COC(=O)c1ccc(N(Cc2ccsc2)C(=O)c2ccc(OCc3ccccc3)cc2OCc2ccccc2)cc1. The largest absolute Gasteiger partial charge is 0.489 e. The Morgan fingerprint density at radius 1 is 0.732 bits per heavy atom. The molecule has 41 heavy (non-hydrogen) atoms. The van der Waals surface area contributed by atoms with Crippen molar-refractivity contribution in [3.63, 3.8) is 0 Å². The summed E-state index contributed by atoms with van der Waals surface area (Å²) in [6.45, 7) is 1.04. The van der Waals surface area contributed by atoms with E-state index in [1.54, 1.807) is 58.7 Å². The number of hydrogen-bond donors (Lipinski definition) is 0. The lowest BCUT2D eigenvalue weighted by atomic mass is 10.1. The van der Waals surface area contributed by atoms with Gasteiger partial charge in [-0.25, -0.2) is 4.79 Å². The number of carbonyl (C=O) groups excluding carboxylic acids is 2. The van der Waals surface area contributed by atoms with E-state index in [1.165, 1.54) is 7.11 Å². The molecule has 5 rings (SSSR count). The van der Waals surface area contributed by atoms with E-state index in [9.17, 15) is 9.59 Å². The minimum absolute atomic E-state index is 0.236. The van der Waals surface area contributed by atoms with Crippen LogP contribution < -0.4 is 14.4 Å². The van der Waals surface area contributed by atoms with Gasteiger partial charge < -0.3 is 19.1 Å². The summed E-state index contributed by atoms with van der Waals surface area (Å²) < 4.78 is 17.1. The van der Waals surface area contributed by atoms with Gasteiger partial charge in [-0.1, -0.05) is 60.7 Å². The number of nitrogens with zero attached hydrogens (tertiary/aromatic N) is 1. The van der Waals surface area contributed by atoms with Gasteiger partial charge in [0.2, 0.25) is 0 Å². The van der Waals surface area contributed by atoms with Crippen molar-refractivity contribution in [1.82, 2.24) is 0 Å². The number of thiophene rings is 1. The van der Waals surface area contributed by atoms with E-state index >= 15 is 0 Å². The molecule has 4 aromatic carbocycles. The van der Waals surface area contributed by atoms with Crippen LogP contribution in [0.25, 0.3) is 0 Å². The van der Waals surface area contributed by atoms with Gasteiger partial charge in [0.05, 0.1) is 24.8 Å². The molecule has 206 valence electrons. The van der Waals surface area contributed by atoms with Crippen LogP contribution in [0.4, 0.5) is 5.69 Å². The molecule has 6 nitrogen and oxygen atoms in total. The van der Waals surface area contributed by atoms with E-state index in [-0.39, 0.29) is 5.91 Å². The average molecular weight is 564 g/mol. The molecule has 0 aliphatic carbocycles. The summed E-state index contributed by atoms with van der Waals surface area (Å²) in [6, 6.07) is 33.8. The molecule has 0 aliphatic rings. The molecule has 0 N–H and O–H groups in total. The van der Waals surface area contributed by atoms with Gasteiger partial charge in [-0.3, -0.25) is 4.79 Å². The third-order valence-electron chi connectivity index (χ3n) is 6.43. The van der Waals surface area contributed by atoms with Crippen LogP contribution in [0.1, 0.15) is 37.4 Å². The number of esters is 1. The smallest absolute Gasteiger partial charge is 0.337 e. The zero-order valence-electron chi connectivity index (χ0n) is 22.6. The topological polar surface area (TPSA) is 65.1 Å². The first-order chi connectivity index (χ1) is 20.1. The quantitative estimate of drug-likeness (QED) is 0.155. The highest BCUT2D eigenvalue weighted by atomic mass is 32.1. The van der Waals surface area contributed by atoms with Crippen LogP contribution in [0.15, 0.2) is 120 Å². The summed E-state index contributed by atoms with van der Waals surface area (Å²) >= 11 is 1.57. The molecule has 0 spiro atoms. The van der Waals surface area contributed by atoms with Crippen LogP contribution >= 0.6 is 11.3 Å². The number of hydrogen-bond acceptors (Lipinski definition) is 6. The van der Waals surface area contributed by atoms with E-state index in [1.807, 2.05) is 77.5 Å². The first-order valence-corrected chi connectivity index (χ1v) is 14.0. The van der Waals surface area contributed by atoms with Gasteiger partial charge in [0.15, 0.2) is 0 Å². The van der Waals surface area contributed by atoms with Crippen LogP contribution in [0.2, 0.25) is 0 Å². The van der Waals surface area contributed by atoms with E-state index < -0.39 is 5.97 Å². The summed E-state index contributed by atoms with van der Waals surface area (Å²) in [6.07, 6.45) is 0. The van der Waals surface area contributed by atoms with Crippen molar-refractivity contribution < 1.29 is 23.8 Å². The van der Waals surface area contributed by atoms with E-state index in [4.69, 9.17) is 14.2 Å². The lowest BCUT2D eigenvalue weighted by Crippen LogP contribution is -2.30. The third-order valence-corrected chi connectivity index (χ3v) is 7.17. The fourth-order valence-corrected chi connectivity index (χ4v) is 4.91. The highest BCUT2D eigenvalue weighted by Gasteiger charge is 2.23. The van der Waals surface area contributed by atoms with Crippen LogP contribution in [0.3, 0.4) is 0 Å². The van der Waals surface area contributed by atoms with E-state index in [0.717, 1.165) is 16.7 Å². The molecule has 0 unspecified atom stereocenters. The van der Waals surface area contributed by atoms with Crippen molar-refractivity contribution in [2.24, 2.45) is 0 Å². The maximum absolute atomic E-state index is 14.2. The normalized spacial score (nSPS) is 10.6. The lowest BCUT2D eigenvalue weighted by molar-refractivity contribution is 0.0600. The van der Waals surface area contributed by atoms with Crippen LogP contribution in [-0.2, 0) is 24.5 Å². The van der Waals surface area contributed by atoms with Crippen LogP contribution in [0.5, 0.6) is 11.5 Å². The molecule has 0 radical (unpaired) electrons. The monoisotopic (exact) mass is 563 g/mol. The number of methoxy groups -OCH3 is 1. The van der Waals surface area contributed by atoms with E-state index in [0.29, 0.717) is 48.1 Å². The average Bonchev–Trinajstić information content (AvgIpc) is 3.55. The molecule has 1 heterocycles. The fraction of sp³-hybridized carbons (Fsp3) is 0.118. The highest BCUT2D eigenvalue weighted by Crippen LogP contribution is 2.30. The third kappa shape index (κ3) is 7.21. The Hall–Kier alpha value is -4.88. The number of ether oxygens (including phenoxy) is 3. The lowest BCUT2D eigenvalue weighted by Gasteiger charge is -2.24. The molecule has 0 bridgehead atoms. The van der Waals surface area contributed by atoms with Crippen LogP contribution in [-0.4, -0.2) is 19.0 Å². The van der Waals surface area contributed by atoms with Gasteiger partial charge >= 0.3 is 5.97 Å². The van der Waals surface area contributed by atoms with Crippen molar-refractivity contribution in [3.8, 4) is 11.5 Å². The second kappa shape index (κ2) is 13.5. The predicted octanol–water partition coefficient (Wildman–Crippen LogP) is 7.54. The van der Waals surface area contributed by atoms with Gasteiger partial charge in [-0.15, -0.1) is 0 Å². The number of anilines is 1. The Kier molecular flexibility index (Phi) is 9.08. The second-order valence-electron chi connectivity index (χ2n) is 9.27. The van der Waals surface area contributed by atoms with Crippen molar-refractivity contribution in [1.29, 1.82) is 0 Å². The summed E-state index contributed by atoms with van der Waals surface area (Å²) in [4.78, 5) is 27.9. The molecule has 0 fully saturated rings. The summed E-state index contributed by atoms with van der Waals surface area (Å²) in [5.74, 6) is 0.348. The van der Waals surface area contributed by atoms with Gasteiger partial charge in [-0.2, -0.15) is 11.3 Å². The Bertz CT molecular complexity index is 1570. The highest BCUT2D eigenvalue weighted by molar-refractivity contribution is 7.07. The van der Waals surface area contributed by atoms with Crippen LogP contribution in [0, 0.1) is 0 Å². The van der Waals surface area contributed by atoms with E-state index in [2.05, 4.69) is 0 Å². The maximum Gasteiger partial charge on any atom is 0.337 e. The molecule has 1 aromatic heterocycles. The molecule has 0 saturated heterocycles. The Balaban J connectivity index is 1.46. The zero-order valence-corrected chi connectivity index (χ0v) is 23.4. The molecule has 0 aliphatic heterocycles. The summed E-state index contributed by atoms with van der Waals surface area (Å²) in [5.41, 5.74) is 4.47. The first kappa shape index (κ1) is 27.7. The standard InChI is InChI=1S/C34H29NO5S/c1-38-34(37)28-12-14-29(15-13-28)35(21-27-18-19-41-24-27)33(36)31-17-16-30(39-22-25-8-4-2-5-9-25)20-32(31)40-23-26-10-6-3-7-11-26/h2-20,24H,21-23H2,1H3. The van der Waals surface area contributed by atoms with Crippen molar-refractivity contribution in [2.75, 3.05) is 12.0 Å². The van der Waals surface area contributed by atoms with Gasteiger partial charge in [-0.05, 0) is 69.9 Å². The Morgan fingerprint density at radius 3 is 2.00 bits per heavy atom. The molecular formula is C34H29NO5S. The van der Waals surface area contributed by atoms with Crippen molar-refractivity contribution in [3.05, 3.63) is 148 Å². The Morgan fingerprint density at radius 2 is 1.39 bits per heavy atom. The van der Waals surface area contributed by atoms with Gasteiger partial charge in [0.1, 0.15) is 24.7 Å². The second-order valence-corrected chi connectivity index (χ2v) is 10.0. The van der Waals surface area contributed by atoms with Gasteiger partial charge in [0, 0.05) is 11.8 Å². The summed E-state index contributed by atoms with van der Waals surface area (Å²) in [7, 11) is 1.34. The van der Waals surface area contributed by atoms with Gasteiger partial charge in [0.25, 0.3) is 5.91 Å². The first-order valence-electron chi connectivity index (χ1n) is 13.1. The van der Waals surface area contributed by atoms with Crippen molar-refractivity contribution >= 4 is 28.9 Å². The number of rotatable bonds is 11. The number of benzene rings is 4. The summed E-state index contributed by atoms with van der Waals surface area (Å²) in [5, 5.41) is 3.99. The zero-order chi connectivity index (χ0) is 28.4. The molecule has 5 aromatic rings. The van der Waals surface area contributed by atoms with Crippen molar-refractivity contribution in [2.45, 2.75) is 19.8 Å². The number of amides is 1. The molecule has 7 heteroatoms. The molecule has 1 amide bonds. The minimum Gasteiger partial charge on any atom is -0.489 e. The minimum atomic E-state index is -0.435.